The Labute approximate surface area is 115 Å². The topological polar surface area (TPSA) is 55.0 Å². The molecule has 4 heteroatoms. The van der Waals surface area contributed by atoms with E-state index in [1.807, 2.05) is 0 Å². The lowest BCUT2D eigenvalue weighted by atomic mass is 9.93. The molecule has 2 atom stereocenters. The van der Waals surface area contributed by atoms with Gasteiger partial charge < -0.3 is 10.6 Å². The van der Waals surface area contributed by atoms with E-state index in [4.69, 9.17) is 5.73 Å². The van der Waals surface area contributed by atoms with E-state index in [0.29, 0.717) is 6.04 Å². The summed E-state index contributed by atoms with van der Waals surface area (Å²) in [6.45, 7) is 3.21. The molecule has 1 aliphatic carbocycles. The van der Waals surface area contributed by atoms with E-state index in [-0.39, 0.29) is 6.04 Å². The van der Waals surface area contributed by atoms with E-state index in [1.54, 1.807) is 6.33 Å². The van der Waals surface area contributed by atoms with Gasteiger partial charge in [0.25, 0.3) is 0 Å². The van der Waals surface area contributed by atoms with Crippen LogP contribution < -0.4 is 10.6 Å². The molecule has 0 spiro atoms. The molecule has 2 unspecified atom stereocenters. The van der Waals surface area contributed by atoms with Crippen LogP contribution in [0.15, 0.2) is 6.33 Å². The maximum absolute atomic E-state index is 6.19. The summed E-state index contributed by atoms with van der Waals surface area (Å²) in [6, 6.07) is 0.643. The van der Waals surface area contributed by atoms with Crippen LogP contribution in [-0.2, 0) is 12.8 Å². The first-order valence-electron chi connectivity index (χ1n) is 7.62. The average molecular weight is 260 g/mol. The van der Waals surface area contributed by atoms with Crippen LogP contribution in [0.3, 0.4) is 0 Å². The zero-order valence-electron chi connectivity index (χ0n) is 11.8. The molecule has 1 aromatic heterocycles. The van der Waals surface area contributed by atoms with Crippen LogP contribution >= 0.6 is 0 Å². The molecule has 3 rings (SSSR count). The minimum absolute atomic E-state index is 0.203. The lowest BCUT2D eigenvalue weighted by Crippen LogP contribution is -2.50. The zero-order valence-corrected chi connectivity index (χ0v) is 11.8. The van der Waals surface area contributed by atoms with Gasteiger partial charge in [-0.1, -0.05) is 0 Å². The number of aryl methyl sites for hydroxylation is 1. The van der Waals surface area contributed by atoms with Crippen LogP contribution in [0.5, 0.6) is 0 Å². The number of hydrogen-bond donors (Lipinski definition) is 1. The number of rotatable bonds is 2. The van der Waals surface area contributed by atoms with Crippen molar-refractivity contribution < 1.29 is 0 Å². The summed E-state index contributed by atoms with van der Waals surface area (Å²) in [7, 11) is 0. The lowest BCUT2D eigenvalue weighted by molar-refractivity contribution is 0.409. The van der Waals surface area contributed by atoms with Gasteiger partial charge in [0.05, 0.1) is 0 Å². The molecular formula is C15H24N4. The Morgan fingerprint density at radius 3 is 2.89 bits per heavy atom. The normalized spacial score (nSPS) is 24.9. The molecule has 1 fully saturated rings. The van der Waals surface area contributed by atoms with E-state index in [0.717, 1.165) is 19.4 Å². The Morgan fingerprint density at radius 1 is 1.21 bits per heavy atom. The molecule has 2 N–H and O–H groups in total. The van der Waals surface area contributed by atoms with Gasteiger partial charge in [-0.15, -0.1) is 0 Å². The Kier molecular flexibility index (Phi) is 3.69. The van der Waals surface area contributed by atoms with Crippen LogP contribution in [0.4, 0.5) is 5.82 Å². The Balaban J connectivity index is 1.95. The summed E-state index contributed by atoms with van der Waals surface area (Å²) >= 11 is 0. The second-order valence-corrected chi connectivity index (χ2v) is 5.95. The third-order valence-corrected chi connectivity index (χ3v) is 4.53. The number of nitrogens with zero attached hydrogens (tertiary/aromatic N) is 3. The minimum Gasteiger partial charge on any atom is -0.352 e. The van der Waals surface area contributed by atoms with Crippen molar-refractivity contribution in [1.29, 1.82) is 0 Å². The van der Waals surface area contributed by atoms with Crippen molar-refractivity contribution in [2.24, 2.45) is 5.73 Å². The van der Waals surface area contributed by atoms with E-state index < -0.39 is 0 Å². The number of aromatic nitrogens is 2. The van der Waals surface area contributed by atoms with Gasteiger partial charge in [0.1, 0.15) is 12.1 Å². The predicted molar refractivity (Wildman–Crippen MR) is 77.3 cm³/mol. The second kappa shape index (κ2) is 5.45. The average Bonchev–Trinajstić information content (AvgIpc) is 2.46. The van der Waals surface area contributed by atoms with Gasteiger partial charge in [-0.3, -0.25) is 0 Å². The zero-order chi connectivity index (χ0) is 13.2. The molecule has 104 valence electrons. The molecule has 0 bridgehead atoms. The molecule has 1 saturated heterocycles. The summed E-state index contributed by atoms with van der Waals surface area (Å²) < 4.78 is 0. The highest BCUT2D eigenvalue weighted by Crippen LogP contribution is 2.31. The van der Waals surface area contributed by atoms with Gasteiger partial charge in [0, 0.05) is 29.9 Å². The van der Waals surface area contributed by atoms with Gasteiger partial charge in [0.15, 0.2) is 0 Å². The number of hydrogen-bond acceptors (Lipinski definition) is 4. The molecule has 1 aliphatic heterocycles. The lowest BCUT2D eigenvalue weighted by Gasteiger charge is -2.40. The monoisotopic (exact) mass is 260 g/mol. The highest BCUT2D eigenvalue weighted by molar-refractivity contribution is 5.51. The molecule has 0 amide bonds. The van der Waals surface area contributed by atoms with Crippen molar-refractivity contribution >= 4 is 5.82 Å². The van der Waals surface area contributed by atoms with Crippen LogP contribution in [0.1, 0.15) is 50.3 Å². The van der Waals surface area contributed by atoms with Gasteiger partial charge in [-0.05, 0) is 51.9 Å². The molecular weight excluding hydrogens is 236 g/mol. The first-order chi connectivity index (χ1) is 9.27. The van der Waals surface area contributed by atoms with Crippen molar-refractivity contribution in [3.63, 3.8) is 0 Å². The summed E-state index contributed by atoms with van der Waals surface area (Å²) in [5.41, 5.74) is 8.84. The van der Waals surface area contributed by atoms with Crippen LogP contribution in [0.25, 0.3) is 0 Å². The standard InChI is InChI=1S/C15H24N4/c1-11(16)14-8-4-5-9-19(14)15-12-6-2-3-7-13(12)17-10-18-15/h10-11,14H,2-9,16H2,1H3. The molecule has 0 saturated carbocycles. The predicted octanol–water partition coefficient (Wildman–Crippen LogP) is 2.06. The van der Waals surface area contributed by atoms with Gasteiger partial charge in [-0.2, -0.15) is 0 Å². The van der Waals surface area contributed by atoms with Crippen molar-refractivity contribution in [2.45, 2.75) is 64.0 Å². The maximum Gasteiger partial charge on any atom is 0.135 e. The van der Waals surface area contributed by atoms with Crippen molar-refractivity contribution in [2.75, 3.05) is 11.4 Å². The number of anilines is 1. The first kappa shape index (κ1) is 12.9. The fraction of sp³-hybridized carbons (Fsp3) is 0.733. The Hall–Kier alpha value is -1.16. The molecule has 1 aromatic rings. The van der Waals surface area contributed by atoms with E-state index >= 15 is 0 Å². The van der Waals surface area contributed by atoms with E-state index in [2.05, 4.69) is 21.8 Å². The number of piperidine rings is 1. The van der Waals surface area contributed by atoms with Crippen LogP contribution in [0, 0.1) is 0 Å². The van der Waals surface area contributed by atoms with Gasteiger partial charge in [0.2, 0.25) is 0 Å². The summed E-state index contributed by atoms with van der Waals surface area (Å²) in [6.07, 6.45) is 10.3. The van der Waals surface area contributed by atoms with Crippen molar-refractivity contribution in [1.82, 2.24) is 9.97 Å². The SMILES string of the molecule is CC(N)C1CCCCN1c1ncnc2c1CCCC2. The summed E-state index contributed by atoms with van der Waals surface area (Å²) in [4.78, 5) is 11.5. The second-order valence-electron chi connectivity index (χ2n) is 5.95. The number of nitrogens with two attached hydrogens (primary N) is 1. The van der Waals surface area contributed by atoms with Crippen molar-refractivity contribution in [3.8, 4) is 0 Å². The first-order valence-corrected chi connectivity index (χ1v) is 7.62. The quantitative estimate of drug-likeness (QED) is 0.884. The van der Waals surface area contributed by atoms with Gasteiger partial charge in [-0.25, -0.2) is 9.97 Å². The van der Waals surface area contributed by atoms with Crippen molar-refractivity contribution in [3.05, 3.63) is 17.6 Å². The molecule has 2 heterocycles. The molecule has 0 radical (unpaired) electrons. The molecule has 2 aliphatic rings. The summed E-state index contributed by atoms with van der Waals surface area (Å²) in [5, 5.41) is 0. The third kappa shape index (κ3) is 2.46. The minimum atomic E-state index is 0.203. The fourth-order valence-electron chi connectivity index (χ4n) is 3.52. The van der Waals surface area contributed by atoms with E-state index in [1.165, 1.54) is 49.2 Å². The smallest absolute Gasteiger partial charge is 0.135 e. The molecule has 0 aromatic carbocycles. The van der Waals surface area contributed by atoms with E-state index in [9.17, 15) is 0 Å². The molecule has 4 nitrogen and oxygen atoms in total. The van der Waals surface area contributed by atoms with Crippen LogP contribution in [-0.4, -0.2) is 28.6 Å². The van der Waals surface area contributed by atoms with Crippen LogP contribution in [0.2, 0.25) is 0 Å². The fourth-order valence-corrected chi connectivity index (χ4v) is 3.52. The largest absolute Gasteiger partial charge is 0.352 e. The Bertz CT molecular complexity index is 444. The summed E-state index contributed by atoms with van der Waals surface area (Å²) in [5.74, 6) is 1.17. The highest BCUT2D eigenvalue weighted by Gasteiger charge is 2.29. The molecule has 19 heavy (non-hydrogen) atoms. The third-order valence-electron chi connectivity index (χ3n) is 4.53. The maximum atomic E-state index is 6.19. The van der Waals surface area contributed by atoms with Gasteiger partial charge >= 0.3 is 0 Å². The highest BCUT2D eigenvalue weighted by atomic mass is 15.2. The number of fused-ring (bicyclic) bond motifs is 1. The Morgan fingerprint density at radius 2 is 2.05 bits per heavy atom.